The molecule has 0 spiro atoms. The van der Waals surface area contributed by atoms with E-state index >= 15 is 0 Å². The van der Waals surface area contributed by atoms with Crippen molar-refractivity contribution in [1.29, 1.82) is 0 Å². The second-order valence-corrected chi connectivity index (χ2v) is 7.46. The van der Waals surface area contributed by atoms with Gasteiger partial charge < -0.3 is 9.47 Å². The van der Waals surface area contributed by atoms with E-state index in [1.165, 1.54) is 12.1 Å². The van der Waals surface area contributed by atoms with Crippen LogP contribution in [0.15, 0.2) is 29.2 Å². The van der Waals surface area contributed by atoms with Crippen LogP contribution in [0.3, 0.4) is 0 Å². The fourth-order valence-corrected chi connectivity index (χ4v) is 3.40. The van der Waals surface area contributed by atoms with Crippen LogP contribution in [0.2, 0.25) is 0 Å². The van der Waals surface area contributed by atoms with Gasteiger partial charge in [0.15, 0.2) is 0 Å². The lowest BCUT2D eigenvalue weighted by molar-refractivity contribution is -0.145. The molecule has 0 amide bonds. The summed E-state index contributed by atoms with van der Waals surface area (Å²) in [5, 5.41) is 0. The third-order valence-corrected chi connectivity index (χ3v) is 5.10. The van der Waals surface area contributed by atoms with Crippen molar-refractivity contribution in [1.82, 2.24) is 4.72 Å². The maximum absolute atomic E-state index is 12.5. The summed E-state index contributed by atoms with van der Waals surface area (Å²) in [5.74, 6) is 0.0827. The number of carbonyl (C=O) groups is 1. The van der Waals surface area contributed by atoms with E-state index in [1.54, 1.807) is 19.1 Å². The minimum Gasteiger partial charge on any atom is -0.494 e. The first-order valence-electron chi connectivity index (χ1n) is 8.86. The predicted octanol–water partition coefficient (Wildman–Crippen LogP) is 3.27. The molecule has 0 heterocycles. The first-order valence-corrected chi connectivity index (χ1v) is 10.3. The van der Waals surface area contributed by atoms with E-state index in [9.17, 15) is 13.2 Å². The molecular formula is C18H29NO5S. The quantitative estimate of drug-likeness (QED) is 0.450. The van der Waals surface area contributed by atoms with E-state index in [2.05, 4.69) is 11.6 Å². The number of esters is 1. The molecule has 0 fully saturated rings. The summed E-state index contributed by atoms with van der Waals surface area (Å²) in [6.45, 7) is 6.56. The number of hydrogen-bond acceptors (Lipinski definition) is 5. The molecule has 0 aliphatic rings. The Morgan fingerprint density at radius 2 is 1.72 bits per heavy atom. The van der Waals surface area contributed by atoms with Crippen LogP contribution in [-0.4, -0.2) is 33.6 Å². The topological polar surface area (TPSA) is 81.7 Å². The molecule has 0 bridgehead atoms. The number of sulfonamides is 1. The van der Waals surface area contributed by atoms with Crippen molar-refractivity contribution in [2.24, 2.45) is 0 Å². The minimum absolute atomic E-state index is 0.0983. The Labute approximate surface area is 151 Å². The molecule has 0 saturated carbocycles. The second kappa shape index (κ2) is 11.1. The summed E-state index contributed by atoms with van der Waals surface area (Å²) in [6, 6.07) is 5.33. The van der Waals surface area contributed by atoms with Crippen molar-refractivity contribution >= 4 is 16.0 Å². The number of hydrogen-bond donors (Lipinski definition) is 1. The summed E-state index contributed by atoms with van der Waals surface area (Å²) in [4.78, 5) is 12.1. The highest BCUT2D eigenvalue weighted by Crippen LogP contribution is 2.17. The number of rotatable bonds is 12. The number of benzene rings is 1. The smallest absolute Gasteiger partial charge is 0.324 e. The van der Waals surface area contributed by atoms with Gasteiger partial charge in [-0.2, -0.15) is 4.72 Å². The highest BCUT2D eigenvalue weighted by molar-refractivity contribution is 7.89. The van der Waals surface area contributed by atoms with Gasteiger partial charge in [0, 0.05) is 0 Å². The van der Waals surface area contributed by atoms with Gasteiger partial charge in [-0.3, -0.25) is 4.79 Å². The highest BCUT2D eigenvalue weighted by Gasteiger charge is 2.26. The molecule has 1 rings (SSSR count). The Morgan fingerprint density at radius 1 is 1.08 bits per heavy atom. The summed E-state index contributed by atoms with van der Waals surface area (Å²) in [5.41, 5.74) is 0. The maximum Gasteiger partial charge on any atom is 0.324 e. The normalized spacial score (nSPS) is 12.6. The Morgan fingerprint density at radius 3 is 2.28 bits per heavy atom. The van der Waals surface area contributed by atoms with Gasteiger partial charge in [0.05, 0.1) is 18.1 Å². The van der Waals surface area contributed by atoms with E-state index in [-0.39, 0.29) is 11.5 Å². The van der Waals surface area contributed by atoms with E-state index in [1.807, 2.05) is 6.92 Å². The molecule has 142 valence electrons. The largest absolute Gasteiger partial charge is 0.494 e. The molecule has 1 aromatic carbocycles. The van der Waals surface area contributed by atoms with Gasteiger partial charge in [-0.15, -0.1) is 0 Å². The Bertz CT molecular complexity index is 613. The van der Waals surface area contributed by atoms with E-state index < -0.39 is 22.0 Å². The standard InChI is InChI=1S/C18H29NO5S/c1-4-7-9-17(18(20)23-6-3)19-25(21,22)16-12-10-15(11-13-16)24-14-8-5-2/h10-13,17,19H,4-9,14H2,1-3H3. The molecule has 1 N–H and O–H groups in total. The number of carbonyl (C=O) groups excluding carboxylic acids is 1. The predicted molar refractivity (Wildman–Crippen MR) is 97.1 cm³/mol. The summed E-state index contributed by atoms with van der Waals surface area (Å²) in [7, 11) is -3.80. The fourth-order valence-electron chi connectivity index (χ4n) is 2.18. The van der Waals surface area contributed by atoms with E-state index in [4.69, 9.17) is 9.47 Å². The van der Waals surface area contributed by atoms with Gasteiger partial charge in [-0.05, 0) is 44.0 Å². The van der Waals surface area contributed by atoms with E-state index in [0.29, 0.717) is 18.8 Å². The highest BCUT2D eigenvalue weighted by atomic mass is 32.2. The molecule has 7 heteroatoms. The Kier molecular flexibility index (Phi) is 9.52. The van der Waals surface area contributed by atoms with Gasteiger partial charge in [-0.1, -0.05) is 33.1 Å². The molecule has 0 saturated heterocycles. The molecule has 1 atom stereocenters. The fraction of sp³-hybridized carbons (Fsp3) is 0.611. The van der Waals surface area contributed by atoms with Crippen molar-refractivity contribution < 1.29 is 22.7 Å². The van der Waals surface area contributed by atoms with Gasteiger partial charge in [0.1, 0.15) is 11.8 Å². The van der Waals surface area contributed by atoms with Crippen LogP contribution in [0.1, 0.15) is 52.9 Å². The van der Waals surface area contributed by atoms with Crippen LogP contribution in [-0.2, 0) is 19.6 Å². The summed E-state index contributed by atoms with van der Waals surface area (Å²) < 4.78 is 38.0. The number of nitrogens with one attached hydrogen (secondary N) is 1. The average molecular weight is 371 g/mol. The molecule has 0 aromatic heterocycles. The number of unbranched alkanes of at least 4 members (excludes halogenated alkanes) is 2. The van der Waals surface area contributed by atoms with Crippen molar-refractivity contribution in [2.45, 2.75) is 63.8 Å². The van der Waals surface area contributed by atoms with Crippen molar-refractivity contribution in [3.8, 4) is 5.75 Å². The van der Waals surface area contributed by atoms with Gasteiger partial charge in [0.25, 0.3) is 0 Å². The zero-order chi connectivity index (χ0) is 18.7. The third-order valence-electron chi connectivity index (χ3n) is 3.62. The lowest BCUT2D eigenvalue weighted by Crippen LogP contribution is -2.41. The lowest BCUT2D eigenvalue weighted by Gasteiger charge is -2.17. The van der Waals surface area contributed by atoms with Crippen LogP contribution < -0.4 is 9.46 Å². The summed E-state index contributed by atoms with van der Waals surface area (Å²) in [6.07, 6.45) is 3.98. The van der Waals surface area contributed by atoms with Gasteiger partial charge in [0.2, 0.25) is 10.0 Å². The van der Waals surface area contributed by atoms with Crippen molar-refractivity contribution in [3.05, 3.63) is 24.3 Å². The average Bonchev–Trinajstić information content (AvgIpc) is 2.59. The first kappa shape index (κ1) is 21.4. The Hall–Kier alpha value is -1.60. The monoisotopic (exact) mass is 371 g/mol. The van der Waals surface area contributed by atoms with Crippen LogP contribution in [0.25, 0.3) is 0 Å². The zero-order valence-electron chi connectivity index (χ0n) is 15.3. The molecule has 0 aliphatic carbocycles. The SMILES string of the molecule is CCCCOc1ccc(S(=O)(=O)NC(CCCC)C(=O)OCC)cc1. The van der Waals surface area contributed by atoms with E-state index in [0.717, 1.165) is 25.7 Å². The molecule has 1 unspecified atom stereocenters. The Balaban J connectivity index is 2.81. The zero-order valence-corrected chi connectivity index (χ0v) is 16.1. The van der Waals surface area contributed by atoms with Crippen LogP contribution in [0, 0.1) is 0 Å². The van der Waals surface area contributed by atoms with Gasteiger partial charge in [-0.25, -0.2) is 8.42 Å². The van der Waals surface area contributed by atoms with Crippen LogP contribution in [0.4, 0.5) is 0 Å². The molecule has 6 nitrogen and oxygen atoms in total. The van der Waals surface area contributed by atoms with Crippen molar-refractivity contribution in [3.63, 3.8) is 0 Å². The second-order valence-electron chi connectivity index (χ2n) is 5.74. The maximum atomic E-state index is 12.5. The van der Waals surface area contributed by atoms with Crippen molar-refractivity contribution in [2.75, 3.05) is 13.2 Å². The van der Waals surface area contributed by atoms with Crippen LogP contribution >= 0.6 is 0 Å². The molecule has 25 heavy (non-hydrogen) atoms. The van der Waals surface area contributed by atoms with Crippen LogP contribution in [0.5, 0.6) is 5.75 Å². The summed E-state index contributed by atoms with van der Waals surface area (Å²) >= 11 is 0. The minimum atomic E-state index is -3.80. The molecular weight excluding hydrogens is 342 g/mol. The first-order chi connectivity index (χ1) is 11.9. The third kappa shape index (κ3) is 7.44. The molecule has 0 radical (unpaired) electrons. The number of ether oxygens (including phenoxy) is 2. The molecule has 0 aliphatic heterocycles. The lowest BCUT2D eigenvalue weighted by atomic mass is 10.1. The molecule has 1 aromatic rings. The van der Waals surface area contributed by atoms with Gasteiger partial charge >= 0.3 is 5.97 Å².